The third-order valence-electron chi connectivity index (χ3n) is 10.8. The van der Waals surface area contributed by atoms with E-state index < -0.39 is 6.17 Å². The maximum Gasteiger partial charge on any atom is 0.173 e. The highest BCUT2D eigenvalue weighted by Gasteiger charge is 2.35. The van der Waals surface area contributed by atoms with Crippen LogP contribution in [-0.4, -0.2) is 11.7 Å². The number of benzene rings is 7. The molecule has 0 amide bonds. The quantitative estimate of drug-likeness (QED) is 0.198. The van der Waals surface area contributed by atoms with Gasteiger partial charge in [0.25, 0.3) is 0 Å². The molecule has 0 fully saturated rings. The van der Waals surface area contributed by atoms with Crippen molar-refractivity contribution in [3.63, 3.8) is 0 Å². The summed E-state index contributed by atoms with van der Waals surface area (Å²) in [6.45, 7) is 4.65. The predicted octanol–water partition coefficient (Wildman–Crippen LogP) is 11.7. The number of hydrogen-bond donors (Lipinski definition) is 1. The van der Waals surface area contributed by atoms with Crippen molar-refractivity contribution in [3.05, 3.63) is 192 Å². The zero-order chi connectivity index (χ0) is 34.8. The van der Waals surface area contributed by atoms with E-state index in [0.717, 1.165) is 67.0 Å². The van der Waals surface area contributed by atoms with Gasteiger partial charge in [0.05, 0.1) is 0 Å². The smallest absolute Gasteiger partial charge is 0.173 e. The van der Waals surface area contributed by atoms with Crippen LogP contribution in [0, 0.1) is 0 Å². The second kappa shape index (κ2) is 11.8. The van der Waals surface area contributed by atoms with Gasteiger partial charge >= 0.3 is 0 Å². The van der Waals surface area contributed by atoms with E-state index in [1.54, 1.807) is 0 Å². The van der Waals surface area contributed by atoms with E-state index >= 15 is 0 Å². The summed E-state index contributed by atoms with van der Waals surface area (Å²) in [5, 5.41) is 5.69. The molecule has 52 heavy (non-hydrogen) atoms. The van der Waals surface area contributed by atoms with Gasteiger partial charge in [0, 0.05) is 38.4 Å². The summed E-state index contributed by atoms with van der Waals surface area (Å²) in [5.74, 6) is 1.55. The number of hydrogen-bond acceptors (Lipinski definition) is 4. The van der Waals surface area contributed by atoms with Crippen LogP contribution in [0.1, 0.15) is 47.8 Å². The van der Waals surface area contributed by atoms with Gasteiger partial charge in [-0.2, -0.15) is 0 Å². The van der Waals surface area contributed by atoms with E-state index in [0.29, 0.717) is 0 Å². The molecule has 0 saturated carbocycles. The minimum atomic E-state index is -0.507. The summed E-state index contributed by atoms with van der Waals surface area (Å²) in [4.78, 5) is 10.4. The summed E-state index contributed by atoms with van der Waals surface area (Å²) >= 11 is 0. The van der Waals surface area contributed by atoms with Crippen LogP contribution in [0.25, 0.3) is 55.3 Å². The number of rotatable bonds is 5. The molecule has 1 unspecified atom stereocenters. The van der Waals surface area contributed by atoms with Gasteiger partial charge in [0.2, 0.25) is 0 Å². The Morgan fingerprint density at radius 1 is 0.462 bits per heavy atom. The highest BCUT2D eigenvalue weighted by molar-refractivity contribution is 6.16. The minimum absolute atomic E-state index is 0.0854. The second-order valence-electron chi connectivity index (χ2n) is 14.2. The lowest BCUT2D eigenvalue weighted by Gasteiger charge is -2.22. The molecule has 248 valence electrons. The number of fused-ring (bicyclic) bond motifs is 6. The fourth-order valence-electron chi connectivity index (χ4n) is 8.07. The van der Waals surface area contributed by atoms with Gasteiger partial charge in [0.15, 0.2) is 6.17 Å². The van der Waals surface area contributed by atoms with Gasteiger partial charge in [-0.1, -0.05) is 172 Å². The lowest BCUT2D eigenvalue weighted by molar-refractivity contribution is 0.649. The molecular weight excluding hydrogens is 635 g/mol. The van der Waals surface area contributed by atoms with Crippen LogP contribution in [0.15, 0.2) is 178 Å². The Morgan fingerprint density at radius 2 is 1.00 bits per heavy atom. The predicted molar refractivity (Wildman–Crippen MR) is 214 cm³/mol. The van der Waals surface area contributed by atoms with Crippen LogP contribution in [0.4, 0.5) is 0 Å². The number of para-hydroxylation sites is 2. The normalized spacial score (nSPS) is 15.8. The van der Waals surface area contributed by atoms with Crippen molar-refractivity contribution in [3.8, 4) is 33.4 Å². The lowest BCUT2D eigenvalue weighted by atomic mass is 9.81. The second-order valence-corrected chi connectivity index (χ2v) is 14.2. The van der Waals surface area contributed by atoms with E-state index in [-0.39, 0.29) is 5.41 Å². The molecule has 2 aliphatic rings. The first kappa shape index (κ1) is 30.3. The van der Waals surface area contributed by atoms with Crippen LogP contribution in [0.2, 0.25) is 0 Å². The zero-order valence-electron chi connectivity index (χ0n) is 29.0. The first-order valence-corrected chi connectivity index (χ1v) is 17.9. The largest absolute Gasteiger partial charge is 0.455 e. The van der Waals surface area contributed by atoms with Crippen molar-refractivity contribution in [1.82, 2.24) is 5.32 Å². The van der Waals surface area contributed by atoms with Gasteiger partial charge < -0.3 is 9.73 Å². The summed E-state index contributed by atoms with van der Waals surface area (Å²) < 4.78 is 6.94. The third kappa shape index (κ3) is 4.83. The van der Waals surface area contributed by atoms with Crippen molar-refractivity contribution >= 4 is 33.6 Å². The van der Waals surface area contributed by atoms with Gasteiger partial charge in [-0.15, -0.1) is 0 Å². The van der Waals surface area contributed by atoms with Crippen molar-refractivity contribution in [2.45, 2.75) is 25.4 Å². The molecule has 0 saturated heterocycles. The Morgan fingerprint density at radius 3 is 1.75 bits per heavy atom. The van der Waals surface area contributed by atoms with Gasteiger partial charge in [-0.25, -0.2) is 9.98 Å². The maximum atomic E-state index is 6.94. The average molecular weight is 670 g/mol. The van der Waals surface area contributed by atoms with Crippen LogP contribution < -0.4 is 5.32 Å². The Hall–Kier alpha value is -6.52. The van der Waals surface area contributed by atoms with Crippen LogP contribution in [-0.2, 0) is 5.41 Å². The standard InChI is InChI=1S/C48H35N3O/c1-48(2)41-22-10-9-17-36(41)37-28-27-34(29-42(37)48)35-18-11-19-38-39-20-12-21-40(44(39)52-43(35)38)47-50-45(32-15-7-4-8-16-32)49-46(51-47)33-25-23-31(24-26-33)30-13-5-3-6-14-30/h3-29,47H,1-2H3,(H,49,50,51). The monoisotopic (exact) mass is 669 g/mol. The van der Waals surface area contributed by atoms with Gasteiger partial charge in [0.1, 0.15) is 22.8 Å². The Bertz CT molecular complexity index is 2720. The van der Waals surface area contributed by atoms with Crippen molar-refractivity contribution < 1.29 is 4.42 Å². The van der Waals surface area contributed by atoms with E-state index in [1.165, 1.54) is 27.8 Å². The molecule has 7 aromatic carbocycles. The molecule has 1 N–H and O–H groups in total. The summed E-state index contributed by atoms with van der Waals surface area (Å²) in [7, 11) is 0. The molecule has 1 aromatic heterocycles. The van der Waals surface area contributed by atoms with Crippen molar-refractivity contribution in [2.75, 3.05) is 0 Å². The number of nitrogens with zero attached hydrogens (tertiary/aromatic N) is 2. The molecule has 1 aliphatic heterocycles. The van der Waals surface area contributed by atoms with Crippen molar-refractivity contribution in [2.24, 2.45) is 9.98 Å². The molecule has 10 rings (SSSR count). The fraction of sp³-hybridized carbons (Fsp3) is 0.0833. The average Bonchev–Trinajstić information content (AvgIpc) is 3.70. The molecule has 0 radical (unpaired) electrons. The highest BCUT2D eigenvalue weighted by atomic mass is 16.3. The highest BCUT2D eigenvalue weighted by Crippen LogP contribution is 2.50. The summed E-state index contributed by atoms with van der Waals surface area (Å²) in [6.07, 6.45) is -0.507. The van der Waals surface area contributed by atoms with E-state index in [4.69, 9.17) is 14.4 Å². The van der Waals surface area contributed by atoms with Gasteiger partial charge in [-0.05, 0) is 45.0 Å². The minimum Gasteiger partial charge on any atom is -0.455 e. The maximum absolute atomic E-state index is 6.94. The molecule has 8 aromatic rings. The van der Waals surface area contributed by atoms with E-state index in [2.05, 4.69) is 159 Å². The van der Waals surface area contributed by atoms with Crippen LogP contribution in [0.5, 0.6) is 0 Å². The number of furan rings is 1. The van der Waals surface area contributed by atoms with Gasteiger partial charge in [-0.3, -0.25) is 0 Å². The zero-order valence-corrected chi connectivity index (χ0v) is 29.0. The Labute approximate surface area is 302 Å². The number of nitrogens with one attached hydrogen (secondary N) is 1. The SMILES string of the molecule is CC1(C)c2ccccc2-c2ccc(-c3cccc4c3oc3c(C5N=C(c6ccccc6)NC(c6ccc(-c7ccccc7)cc6)=N5)cccc34)cc21. The number of aliphatic imine (C=N–C) groups is 2. The first-order chi connectivity index (χ1) is 25.5. The fourth-order valence-corrected chi connectivity index (χ4v) is 8.07. The molecule has 0 bridgehead atoms. The molecule has 1 atom stereocenters. The van der Waals surface area contributed by atoms with E-state index in [9.17, 15) is 0 Å². The summed E-state index contributed by atoms with van der Waals surface area (Å²) in [6, 6.07) is 57.7. The molecule has 2 heterocycles. The molecule has 1 aliphatic carbocycles. The van der Waals surface area contributed by atoms with E-state index in [1.807, 2.05) is 24.3 Å². The van der Waals surface area contributed by atoms with Crippen LogP contribution in [0.3, 0.4) is 0 Å². The molecule has 4 heteroatoms. The summed E-state index contributed by atoms with van der Waals surface area (Å²) in [5.41, 5.74) is 14.4. The third-order valence-corrected chi connectivity index (χ3v) is 10.8. The van der Waals surface area contributed by atoms with Crippen molar-refractivity contribution in [1.29, 1.82) is 0 Å². The van der Waals surface area contributed by atoms with Crippen LogP contribution >= 0.6 is 0 Å². The Balaban J connectivity index is 1.09. The first-order valence-electron chi connectivity index (χ1n) is 17.9. The topological polar surface area (TPSA) is 49.9 Å². The lowest BCUT2D eigenvalue weighted by Crippen LogP contribution is -2.36. The molecular formula is C48H35N3O. The molecule has 0 spiro atoms. The Kier molecular flexibility index (Phi) is 6.87. The molecule has 4 nitrogen and oxygen atoms in total. The number of amidine groups is 2.